The molecule has 1 heterocycles. The zero-order valence-corrected chi connectivity index (χ0v) is 11.2. The molecule has 0 spiro atoms. The molecule has 96 valence electrons. The summed E-state index contributed by atoms with van der Waals surface area (Å²) in [5, 5.41) is 0.869. The summed E-state index contributed by atoms with van der Waals surface area (Å²) in [6, 6.07) is 5.52. The van der Waals surface area contributed by atoms with Crippen LogP contribution in [0.1, 0.15) is 23.0 Å². The fourth-order valence-corrected chi connectivity index (χ4v) is 2.71. The topological polar surface area (TPSA) is 61.5 Å². The standard InChI is InChI=1S/C13H15NO3S/c1-3-6-17-11-9-7-8(14)4-5-10(9)18-12(11)13(15)16-2/h4-5,7H,3,6,14H2,1-2H3. The van der Waals surface area contributed by atoms with Gasteiger partial charge >= 0.3 is 5.97 Å². The second-order valence-electron chi connectivity index (χ2n) is 3.86. The fraction of sp³-hybridized carbons (Fsp3) is 0.308. The van der Waals surface area contributed by atoms with Gasteiger partial charge in [-0.15, -0.1) is 11.3 Å². The van der Waals surface area contributed by atoms with E-state index in [9.17, 15) is 4.79 Å². The number of fused-ring (bicyclic) bond motifs is 1. The van der Waals surface area contributed by atoms with Crippen molar-refractivity contribution >= 4 is 33.1 Å². The molecule has 0 bridgehead atoms. The molecule has 5 heteroatoms. The van der Waals surface area contributed by atoms with E-state index in [0.29, 0.717) is 22.9 Å². The van der Waals surface area contributed by atoms with Gasteiger partial charge in [0.15, 0.2) is 10.6 Å². The molecular weight excluding hydrogens is 250 g/mol. The smallest absolute Gasteiger partial charge is 0.351 e. The number of anilines is 1. The first-order valence-corrected chi connectivity index (χ1v) is 6.52. The zero-order valence-electron chi connectivity index (χ0n) is 10.4. The molecule has 2 N–H and O–H groups in total. The minimum absolute atomic E-state index is 0.374. The van der Waals surface area contributed by atoms with Crippen LogP contribution in [-0.2, 0) is 4.74 Å². The third-order valence-corrected chi connectivity index (χ3v) is 3.62. The number of methoxy groups -OCH3 is 1. The lowest BCUT2D eigenvalue weighted by Gasteiger charge is -2.05. The van der Waals surface area contributed by atoms with Gasteiger partial charge in [-0.05, 0) is 24.6 Å². The van der Waals surface area contributed by atoms with Crippen LogP contribution in [-0.4, -0.2) is 19.7 Å². The lowest BCUT2D eigenvalue weighted by atomic mass is 10.2. The normalized spacial score (nSPS) is 10.6. The van der Waals surface area contributed by atoms with E-state index in [1.807, 2.05) is 25.1 Å². The molecule has 0 aliphatic carbocycles. The summed E-state index contributed by atoms with van der Waals surface area (Å²) in [4.78, 5) is 12.2. The molecule has 2 rings (SSSR count). The van der Waals surface area contributed by atoms with Gasteiger partial charge in [-0.1, -0.05) is 6.92 Å². The van der Waals surface area contributed by atoms with Crippen LogP contribution in [0.4, 0.5) is 5.69 Å². The molecule has 0 aliphatic rings. The third-order valence-electron chi connectivity index (χ3n) is 2.49. The average Bonchev–Trinajstić information content (AvgIpc) is 2.73. The lowest BCUT2D eigenvalue weighted by molar-refractivity contribution is 0.0602. The van der Waals surface area contributed by atoms with Crippen LogP contribution >= 0.6 is 11.3 Å². The highest BCUT2D eigenvalue weighted by Gasteiger charge is 2.20. The van der Waals surface area contributed by atoms with Crippen molar-refractivity contribution in [2.24, 2.45) is 0 Å². The molecule has 18 heavy (non-hydrogen) atoms. The van der Waals surface area contributed by atoms with Crippen molar-refractivity contribution in [3.63, 3.8) is 0 Å². The van der Waals surface area contributed by atoms with E-state index in [2.05, 4.69) is 0 Å². The van der Waals surface area contributed by atoms with Gasteiger partial charge in [0.05, 0.1) is 13.7 Å². The van der Waals surface area contributed by atoms with Crippen LogP contribution in [0.2, 0.25) is 0 Å². The lowest BCUT2D eigenvalue weighted by Crippen LogP contribution is -2.03. The number of rotatable bonds is 4. The molecule has 0 fully saturated rings. The fourth-order valence-electron chi connectivity index (χ4n) is 1.67. The van der Waals surface area contributed by atoms with E-state index in [-0.39, 0.29) is 5.97 Å². The van der Waals surface area contributed by atoms with Gasteiger partial charge in [0.2, 0.25) is 0 Å². The highest BCUT2D eigenvalue weighted by atomic mass is 32.1. The number of hydrogen-bond acceptors (Lipinski definition) is 5. The first-order chi connectivity index (χ1) is 8.67. The van der Waals surface area contributed by atoms with Crippen molar-refractivity contribution in [3.05, 3.63) is 23.1 Å². The predicted molar refractivity (Wildman–Crippen MR) is 73.4 cm³/mol. The molecule has 0 aliphatic heterocycles. The number of hydrogen-bond donors (Lipinski definition) is 1. The van der Waals surface area contributed by atoms with Crippen molar-refractivity contribution in [2.45, 2.75) is 13.3 Å². The Morgan fingerprint density at radius 2 is 2.22 bits per heavy atom. The Hall–Kier alpha value is -1.75. The Bertz CT molecular complexity index is 577. The molecule has 2 aromatic rings. The van der Waals surface area contributed by atoms with Crippen molar-refractivity contribution in [1.29, 1.82) is 0 Å². The molecule has 4 nitrogen and oxygen atoms in total. The van der Waals surface area contributed by atoms with Crippen LogP contribution < -0.4 is 10.5 Å². The van der Waals surface area contributed by atoms with Crippen LogP contribution in [0.25, 0.3) is 10.1 Å². The number of carbonyl (C=O) groups is 1. The highest BCUT2D eigenvalue weighted by molar-refractivity contribution is 7.21. The number of benzene rings is 1. The summed E-state index contributed by atoms with van der Waals surface area (Å²) < 4.78 is 11.4. The molecule has 0 atom stereocenters. The summed E-state index contributed by atoms with van der Waals surface area (Å²) in [6.07, 6.45) is 0.875. The van der Waals surface area contributed by atoms with E-state index in [4.69, 9.17) is 15.2 Å². The number of nitrogens with two attached hydrogens (primary N) is 1. The number of thiophene rings is 1. The van der Waals surface area contributed by atoms with Gasteiger partial charge in [0.1, 0.15) is 0 Å². The number of esters is 1. The van der Waals surface area contributed by atoms with E-state index in [1.54, 1.807) is 0 Å². The minimum Gasteiger partial charge on any atom is -0.491 e. The van der Waals surface area contributed by atoms with Gasteiger partial charge in [-0.25, -0.2) is 4.79 Å². The summed E-state index contributed by atoms with van der Waals surface area (Å²) >= 11 is 1.36. The number of nitrogen functional groups attached to an aromatic ring is 1. The molecule has 0 amide bonds. The molecule has 0 radical (unpaired) electrons. The molecule has 0 unspecified atom stereocenters. The molecule has 0 saturated heterocycles. The van der Waals surface area contributed by atoms with Crippen LogP contribution in [0, 0.1) is 0 Å². The van der Waals surface area contributed by atoms with Crippen molar-refractivity contribution in [3.8, 4) is 5.75 Å². The maximum absolute atomic E-state index is 11.7. The average molecular weight is 265 g/mol. The van der Waals surface area contributed by atoms with E-state index < -0.39 is 0 Å². The van der Waals surface area contributed by atoms with E-state index >= 15 is 0 Å². The van der Waals surface area contributed by atoms with Gasteiger partial charge in [0.25, 0.3) is 0 Å². The molecular formula is C13H15NO3S. The second kappa shape index (κ2) is 5.27. The summed E-state index contributed by atoms with van der Waals surface area (Å²) in [6.45, 7) is 2.57. The van der Waals surface area contributed by atoms with Crippen molar-refractivity contribution < 1.29 is 14.3 Å². The van der Waals surface area contributed by atoms with Gasteiger partial charge in [-0.2, -0.15) is 0 Å². The van der Waals surface area contributed by atoms with Crippen LogP contribution in [0.3, 0.4) is 0 Å². The Morgan fingerprint density at radius 1 is 1.44 bits per heavy atom. The van der Waals surface area contributed by atoms with Gasteiger partial charge in [0, 0.05) is 15.8 Å². The van der Waals surface area contributed by atoms with Crippen LogP contribution in [0.5, 0.6) is 5.75 Å². The van der Waals surface area contributed by atoms with Crippen molar-refractivity contribution in [2.75, 3.05) is 19.5 Å². The third kappa shape index (κ3) is 2.26. The van der Waals surface area contributed by atoms with E-state index in [0.717, 1.165) is 16.5 Å². The first-order valence-electron chi connectivity index (χ1n) is 5.70. The second-order valence-corrected chi connectivity index (χ2v) is 4.91. The minimum atomic E-state index is -0.374. The summed E-state index contributed by atoms with van der Waals surface area (Å²) in [7, 11) is 1.37. The number of ether oxygens (including phenoxy) is 2. The molecule has 1 aromatic carbocycles. The number of carbonyl (C=O) groups excluding carboxylic acids is 1. The summed E-state index contributed by atoms with van der Waals surface area (Å²) in [5.41, 5.74) is 6.42. The van der Waals surface area contributed by atoms with Crippen LogP contribution in [0.15, 0.2) is 18.2 Å². The predicted octanol–water partition coefficient (Wildman–Crippen LogP) is 3.06. The quantitative estimate of drug-likeness (QED) is 0.681. The van der Waals surface area contributed by atoms with Crippen molar-refractivity contribution in [1.82, 2.24) is 0 Å². The Labute approximate surface area is 109 Å². The maximum Gasteiger partial charge on any atom is 0.351 e. The molecule has 0 saturated carbocycles. The van der Waals surface area contributed by atoms with Gasteiger partial charge in [-0.3, -0.25) is 0 Å². The molecule has 1 aromatic heterocycles. The Morgan fingerprint density at radius 3 is 2.89 bits per heavy atom. The zero-order chi connectivity index (χ0) is 13.1. The highest BCUT2D eigenvalue weighted by Crippen LogP contribution is 2.39. The SMILES string of the molecule is CCCOc1c(C(=O)OC)sc2ccc(N)cc12. The maximum atomic E-state index is 11.7. The first kappa shape index (κ1) is 12.7. The van der Waals surface area contributed by atoms with Gasteiger partial charge < -0.3 is 15.2 Å². The monoisotopic (exact) mass is 265 g/mol. The van der Waals surface area contributed by atoms with E-state index in [1.165, 1.54) is 18.4 Å². The summed E-state index contributed by atoms with van der Waals surface area (Å²) in [5.74, 6) is 0.205. The Balaban J connectivity index is 2.57. The largest absolute Gasteiger partial charge is 0.491 e. The Kier molecular flexibility index (Phi) is 3.72.